The van der Waals surface area contributed by atoms with Gasteiger partial charge in [0.15, 0.2) is 6.61 Å². The molecular formula is C27H20Br2N4O7. The molecule has 0 aliphatic carbocycles. The number of anilines is 2. The molecule has 40 heavy (non-hydrogen) atoms. The number of hydrogen-bond acceptors (Lipinski definition) is 7. The molecule has 1 aliphatic rings. The maximum atomic E-state index is 13.3. The van der Waals surface area contributed by atoms with E-state index >= 15 is 0 Å². The summed E-state index contributed by atoms with van der Waals surface area (Å²) < 4.78 is 6.77. The zero-order chi connectivity index (χ0) is 29.1. The second-order valence-electron chi connectivity index (χ2n) is 8.70. The number of nitro groups is 1. The molecule has 1 saturated heterocycles. The maximum Gasteiger partial charge on any atom is 0.335 e. The van der Waals surface area contributed by atoms with Crippen LogP contribution in [0.5, 0.6) is 5.75 Å². The van der Waals surface area contributed by atoms with E-state index in [0.717, 1.165) is 17.2 Å². The normalized spacial score (nSPS) is 14.2. The van der Waals surface area contributed by atoms with E-state index in [2.05, 4.69) is 42.5 Å². The van der Waals surface area contributed by atoms with Gasteiger partial charge in [0.2, 0.25) is 0 Å². The van der Waals surface area contributed by atoms with Crippen LogP contribution < -0.4 is 20.3 Å². The van der Waals surface area contributed by atoms with Gasteiger partial charge in [0.1, 0.15) is 11.3 Å². The summed E-state index contributed by atoms with van der Waals surface area (Å²) in [5, 5.41) is 16.0. The lowest BCUT2D eigenvalue weighted by atomic mass is 10.1. The Bertz CT molecular complexity index is 1620. The molecule has 0 saturated carbocycles. The SMILES string of the molecule is Cc1ccc(NC(=O)COc2c(Br)cc(Br)cc2/C=C2/C(=O)NC(=O)N(c3cccc([N+](=O)[O-])c3)C2=O)c(C)c1. The number of urea groups is 1. The van der Waals surface area contributed by atoms with Crippen LogP contribution in [0.3, 0.4) is 0 Å². The van der Waals surface area contributed by atoms with Crippen molar-refractivity contribution in [1.29, 1.82) is 0 Å². The summed E-state index contributed by atoms with van der Waals surface area (Å²) in [6.07, 6.45) is 1.21. The molecule has 3 aromatic carbocycles. The van der Waals surface area contributed by atoms with Crippen molar-refractivity contribution in [2.45, 2.75) is 13.8 Å². The van der Waals surface area contributed by atoms with Gasteiger partial charge in [-0.1, -0.05) is 39.7 Å². The van der Waals surface area contributed by atoms with E-state index in [9.17, 15) is 29.3 Å². The highest BCUT2D eigenvalue weighted by atomic mass is 79.9. The number of aryl methyl sites for hydroxylation is 2. The number of nitrogens with one attached hydrogen (secondary N) is 2. The highest BCUT2D eigenvalue weighted by Crippen LogP contribution is 2.35. The molecule has 13 heteroatoms. The predicted octanol–water partition coefficient (Wildman–Crippen LogP) is 5.42. The fourth-order valence-electron chi connectivity index (χ4n) is 3.91. The molecule has 1 fully saturated rings. The highest BCUT2D eigenvalue weighted by molar-refractivity contribution is 9.11. The number of hydrogen-bond donors (Lipinski definition) is 2. The number of rotatable bonds is 7. The maximum absolute atomic E-state index is 13.3. The molecule has 1 heterocycles. The minimum Gasteiger partial charge on any atom is -0.482 e. The lowest BCUT2D eigenvalue weighted by molar-refractivity contribution is -0.384. The first-order chi connectivity index (χ1) is 18.9. The van der Waals surface area contributed by atoms with Crippen LogP contribution in [-0.2, 0) is 14.4 Å². The Hall–Kier alpha value is -4.36. The summed E-state index contributed by atoms with van der Waals surface area (Å²) in [6.45, 7) is 3.42. The quantitative estimate of drug-likeness (QED) is 0.147. The van der Waals surface area contributed by atoms with Crippen molar-refractivity contribution in [2.24, 2.45) is 0 Å². The molecule has 0 aromatic heterocycles. The number of nitro benzene ring substituents is 1. The van der Waals surface area contributed by atoms with Crippen molar-refractivity contribution < 1.29 is 28.8 Å². The molecule has 11 nitrogen and oxygen atoms in total. The lowest BCUT2D eigenvalue weighted by Crippen LogP contribution is -2.54. The molecule has 2 N–H and O–H groups in total. The fraction of sp³-hybridized carbons (Fsp3) is 0.111. The first-order valence-electron chi connectivity index (χ1n) is 11.6. The average Bonchev–Trinajstić information content (AvgIpc) is 2.87. The van der Waals surface area contributed by atoms with E-state index in [1.165, 1.54) is 24.3 Å². The van der Waals surface area contributed by atoms with Gasteiger partial charge >= 0.3 is 6.03 Å². The number of carbonyl (C=O) groups is 4. The molecule has 4 rings (SSSR count). The Morgan fingerprint density at radius 3 is 2.55 bits per heavy atom. The van der Waals surface area contributed by atoms with E-state index in [0.29, 0.717) is 19.5 Å². The van der Waals surface area contributed by atoms with Crippen LogP contribution in [0.25, 0.3) is 6.08 Å². The Morgan fingerprint density at radius 1 is 1.10 bits per heavy atom. The van der Waals surface area contributed by atoms with Crippen LogP contribution in [0.15, 0.2) is 69.1 Å². The fourth-order valence-corrected chi connectivity index (χ4v) is 5.28. The Balaban J connectivity index is 1.64. The first kappa shape index (κ1) is 28.6. The van der Waals surface area contributed by atoms with E-state index in [1.807, 2.05) is 26.0 Å². The molecule has 3 aromatic rings. The van der Waals surface area contributed by atoms with Gasteiger partial charge in [-0.15, -0.1) is 0 Å². The Kier molecular flexibility index (Phi) is 8.45. The summed E-state index contributed by atoms with van der Waals surface area (Å²) in [4.78, 5) is 62.3. The molecule has 204 valence electrons. The summed E-state index contributed by atoms with van der Waals surface area (Å²) in [7, 11) is 0. The van der Waals surface area contributed by atoms with Gasteiger partial charge in [-0.2, -0.15) is 0 Å². The number of ether oxygens (including phenoxy) is 1. The zero-order valence-corrected chi connectivity index (χ0v) is 24.2. The van der Waals surface area contributed by atoms with Gasteiger partial charge < -0.3 is 10.1 Å². The smallest absolute Gasteiger partial charge is 0.335 e. The largest absolute Gasteiger partial charge is 0.482 e. The topological polar surface area (TPSA) is 148 Å². The van der Waals surface area contributed by atoms with Crippen molar-refractivity contribution in [2.75, 3.05) is 16.8 Å². The van der Waals surface area contributed by atoms with Crippen LogP contribution in [0.1, 0.15) is 16.7 Å². The highest BCUT2D eigenvalue weighted by Gasteiger charge is 2.37. The molecule has 0 atom stereocenters. The molecule has 1 aliphatic heterocycles. The molecule has 0 radical (unpaired) electrons. The monoisotopic (exact) mass is 670 g/mol. The number of imide groups is 2. The van der Waals surface area contributed by atoms with Crippen LogP contribution in [-0.4, -0.2) is 35.3 Å². The summed E-state index contributed by atoms with van der Waals surface area (Å²) in [5.74, 6) is -2.24. The van der Waals surface area contributed by atoms with Crippen LogP contribution >= 0.6 is 31.9 Å². The van der Waals surface area contributed by atoms with Crippen molar-refractivity contribution >= 4 is 78.8 Å². The first-order valence-corrected chi connectivity index (χ1v) is 13.2. The molecule has 0 unspecified atom stereocenters. The number of non-ortho nitro benzene ring substituents is 1. The van der Waals surface area contributed by atoms with Gasteiger partial charge in [-0.25, -0.2) is 9.69 Å². The summed E-state index contributed by atoms with van der Waals surface area (Å²) in [6, 6.07) is 12.6. The van der Waals surface area contributed by atoms with E-state index in [1.54, 1.807) is 18.2 Å². The van der Waals surface area contributed by atoms with Crippen LogP contribution in [0, 0.1) is 24.0 Å². The standard InChI is InChI=1S/C27H20Br2N4O7/c1-14-6-7-22(15(2)8-14)30-23(34)13-40-24-16(9-17(28)11-21(24)29)10-20-25(35)31-27(37)32(26(20)36)18-4-3-5-19(12-18)33(38)39/h3-12H,13H2,1-2H3,(H,30,34)(H,31,35,37)/b20-10-. The summed E-state index contributed by atoms with van der Waals surface area (Å²) in [5.41, 5.74) is 1.94. The van der Waals surface area contributed by atoms with E-state index < -0.39 is 34.2 Å². The van der Waals surface area contributed by atoms with Gasteiger partial charge in [-0.05, 0) is 65.7 Å². The molecular weight excluding hydrogens is 652 g/mol. The number of halogens is 2. The molecule has 5 amide bonds. The van der Waals surface area contributed by atoms with Crippen molar-refractivity contribution in [3.63, 3.8) is 0 Å². The van der Waals surface area contributed by atoms with Crippen molar-refractivity contribution in [3.05, 3.63) is 95.9 Å². The Morgan fingerprint density at radius 2 is 1.85 bits per heavy atom. The van der Waals surface area contributed by atoms with Crippen LogP contribution in [0.4, 0.5) is 21.9 Å². The minimum absolute atomic E-state index is 0.0925. The van der Waals surface area contributed by atoms with Crippen molar-refractivity contribution in [1.82, 2.24) is 5.32 Å². The second kappa shape index (κ2) is 11.8. The van der Waals surface area contributed by atoms with E-state index in [-0.39, 0.29) is 29.3 Å². The average molecular weight is 672 g/mol. The number of benzene rings is 3. The predicted molar refractivity (Wildman–Crippen MR) is 154 cm³/mol. The van der Waals surface area contributed by atoms with Gasteiger partial charge in [0.05, 0.1) is 15.1 Å². The number of nitrogens with zero attached hydrogens (tertiary/aromatic N) is 2. The lowest BCUT2D eigenvalue weighted by Gasteiger charge is -2.26. The summed E-state index contributed by atoms with van der Waals surface area (Å²) >= 11 is 6.73. The third kappa shape index (κ3) is 6.26. The minimum atomic E-state index is -1.05. The van der Waals surface area contributed by atoms with Crippen molar-refractivity contribution in [3.8, 4) is 5.75 Å². The molecule has 0 bridgehead atoms. The Labute approximate surface area is 244 Å². The number of amides is 5. The number of barbiturate groups is 1. The third-order valence-corrected chi connectivity index (χ3v) is 6.79. The van der Waals surface area contributed by atoms with Gasteiger partial charge in [0.25, 0.3) is 23.4 Å². The number of carbonyl (C=O) groups excluding carboxylic acids is 4. The van der Waals surface area contributed by atoms with Gasteiger partial charge in [-0.3, -0.25) is 29.8 Å². The molecule has 0 spiro atoms. The zero-order valence-electron chi connectivity index (χ0n) is 21.0. The van der Waals surface area contributed by atoms with E-state index in [4.69, 9.17) is 4.74 Å². The second-order valence-corrected chi connectivity index (χ2v) is 10.5. The third-order valence-electron chi connectivity index (χ3n) is 5.74. The van der Waals surface area contributed by atoms with Crippen LogP contribution in [0.2, 0.25) is 0 Å². The van der Waals surface area contributed by atoms with Gasteiger partial charge in [0, 0.05) is 27.9 Å².